The van der Waals surface area contributed by atoms with Gasteiger partial charge >= 0.3 is 5.97 Å². The summed E-state index contributed by atoms with van der Waals surface area (Å²) in [5.74, 6) is 0.247. The van der Waals surface area contributed by atoms with Crippen molar-refractivity contribution in [1.82, 2.24) is 4.90 Å². The summed E-state index contributed by atoms with van der Waals surface area (Å²) in [6, 6.07) is 15.9. The Morgan fingerprint density at radius 1 is 1.04 bits per heavy atom. The molecule has 1 fully saturated rings. The number of hydrogen-bond donors (Lipinski definition) is 0. The smallest absolute Gasteiger partial charge is 0.331 e. The molecule has 0 N–H and O–H groups in total. The van der Waals surface area contributed by atoms with Gasteiger partial charge in [0.25, 0.3) is 0 Å². The Kier molecular flexibility index (Phi) is 4.71. The number of piperazine rings is 1. The average molecular weight is 365 g/mol. The molecule has 0 spiro atoms. The van der Waals surface area contributed by atoms with Crippen LogP contribution in [-0.2, 0) is 9.59 Å². The van der Waals surface area contributed by atoms with Crippen LogP contribution in [0.25, 0.3) is 0 Å². The van der Waals surface area contributed by atoms with Gasteiger partial charge in [-0.15, -0.1) is 0 Å². The molecule has 6 heteroatoms. The van der Waals surface area contributed by atoms with Crippen LogP contribution in [0.5, 0.6) is 5.75 Å². The summed E-state index contributed by atoms with van der Waals surface area (Å²) < 4.78 is 5.30. The highest BCUT2D eigenvalue weighted by Crippen LogP contribution is 2.32. The van der Waals surface area contributed by atoms with Gasteiger partial charge in [-0.25, -0.2) is 4.79 Å². The SMILES string of the molecule is Cc1ccc2c(c1)N(CC(=O)N1CCN(c3ccccc3)CC1)CC(=O)O2. The first-order valence-electron chi connectivity index (χ1n) is 9.24. The Morgan fingerprint density at radius 3 is 2.52 bits per heavy atom. The van der Waals surface area contributed by atoms with Gasteiger partial charge in [0, 0.05) is 31.9 Å². The Balaban J connectivity index is 1.40. The van der Waals surface area contributed by atoms with Gasteiger partial charge in [0.05, 0.1) is 12.2 Å². The molecule has 140 valence electrons. The molecule has 4 rings (SSSR count). The highest BCUT2D eigenvalue weighted by molar-refractivity contribution is 5.89. The molecule has 1 amide bonds. The third-order valence-electron chi connectivity index (χ3n) is 5.08. The van der Waals surface area contributed by atoms with Crippen molar-refractivity contribution < 1.29 is 14.3 Å². The van der Waals surface area contributed by atoms with Crippen LogP contribution in [0.15, 0.2) is 48.5 Å². The van der Waals surface area contributed by atoms with Gasteiger partial charge < -0.3 is 19.4 Å². The van der Waals surface area contributed by atoms with Crippen LogP contribution >= 0.6 is 0 Å². The summed E-state index contributed by atoms with van der Waals surface area (Å²) in [6.45, 7) is 5.28. The zero-order valence-corrected chi connectivity index (χ0v) is 15.4. The van der Waals surface area contributed by atoms with E-state index in [1.807, 2.05) is 47.1 Å². The van der Waals surface area contributed by atoms with E-state index in [0.717, 1.165) is 24.3 Å². The monoisotopic (exact) mass is 365 g/mol. The number of hydrogen-bond acceptors (Lipinski definition) is 5. The maximum absolute atomic E-state index is 12.8. The molecule has 0 atom stereocenters. The van der Waals surface area contributed by atoms with Gasteiger partial charge in [0.15, 0.2) is 5.75 Å². The molecule has 2 heterocycles. The number of carbonyl (C=O) groups excluding carboxylic acids is 2. The molecule has 0 unspecified atom stereocenters. The number of fused-ring (bicyclic) bond motifs is 1. The minimum atomic E-state index is -0.326. The second-order valence-corrected chi connectivity index (χ2v) is 7.00. The van der Waals surface area contributed by atoms with Crippen molar-refractivity contribution in [2.45, 2.75) is 6.92 Å². The van der Waals surface area contributed by atoms with E-state index in [2.05, 4.69) is 17.0 Å². The topological polar surface area (TPSA) is 53.1 Å². The fourth-order valence-electron chi connectivity index (χ4n) is 3.61. The van der Waals surface area contributed by atoms with Gasteiger partial charge in [-0.2, -0.15) is 0 Å². The number of rotatable bonds is 3. The zero-order valence-electron chi connectivity index (χ0n) is 15.4. The fourth-order valence-corrected chi connectivity index (χ4v) is 3.61. The lowest BCUT2D eigenvalue weighted by atomic mass is 10.1. The first-order chi connectivity index (χ1) is 13.1. The fraction of sp³-hybridized carbons (Fsp3) is 0.333. The highest BCUT2D eigenvalue weighted by Gasteiger charge is 2.28. The van der Waals surface area contributed by atoms with E-state index < -0.39 is 0 Å². The number of anilines is 2. The molecule has 0 bridgehead atoms. The Morgan fingerprint density at radius 2 is 1.78 bits per heavy atom. The minimum absolute atomic E-state index is 0.0462. The summed E-state index contributed by atoms with van der Waals surface area (Å²) in [4.78, 5) is 30.7. The summed E-state index contributed by atoms with van der Waals surface area (Å²) in [5, 5.41) is 0. The van der Waals surface area contributed by atoms with Crippen molar-refractivity contribution in [3.05, 3.63) is 54.1 Å². The molecule has 2 aliphatic heterocycles. The van der Waals surface area contributed by atoms with Crippen molar-refractivity contribution >= 4 is 23.3 Å². The second-order valence-electron chi connectivity index (χ2n) is 7.00. The van der Waals surface area contributed by atoms with E-state index in [9.17, 15) is 9.59 Å². The van der Waals surface area contributed by atoms with Gasteiger partial charge in [0.2, 0.25) is 5.91 Å². The first-order valence-corrected chi connectivity index (χ1v) is 9.24. The maximum atomic E-state index is 12.8. The van der Waals surface area contributed by atoms with Crippen LogP contribution in [0.2, 0.25) is 0 Å². The summed E-state index contributed by atoms with van der Waals surface area (Å²) >= 11 is 0. The van der Waals surface area contributed by atoms with E-state index in [1.165, 1.54) is 5.69 Å². The second kappa shape index (κ2) is 7.31. The molecular formula is C21H23N3O3. The van der Waals surface area contributed by atoms with Crippen LogP contribution in [0.4, 0.5) is 11.4 Å². The Bertz CT molecular complexity index is 845. The van der Waals surface area contributed by atoms with Crippen LogP contribution in [0.1, 0.15) is 5.56 Å². The Hall–Kier alpha value is -3.02. The molecule has 2 aliphatic rings. The summed E-state index contributed by atoms with van der Waals surface area (Å²) in [6.07, 6.45) is 0. The minimum Gasteiger partial charge on any atom is -0.423 e. The maximum Gasteiger partial charge on any atom is 0.331 e. The highest BCUT2D eigenvalue weighted by atomic mass is 16.5. The molecular weight excluding hydrogens is 342 g/mol. The molecule has 27 heavy (non-hydrogen) atoms. The number of esters is 1. The summed E-state index contributed by atoms with van der Waals surface area (Å²) in [5.41, 5.74) is 3.07. The van der Waals surface area contributed by atoms with E-state index in [0.29, 0.717) is 18.8 Å². The standard InChI is InChI=1S/C21H23N3O3/c1-16-7-8-19-18(13-16)24(15-21(26)27-19)14-20(25)23-11-9-22(10-12-23)17-5-3-2-4-6-17/h2-8,13H,9-12,14-15H2,1H3. The Labute approximate surface area is 158 Å². The molecule has 2 aromatic rings. The number of aryl methyl sites for hydroxylation is 1. The van der Waals surface area contributed by atoms with E-state index in [4.69, 9.17) is 4.74 Å². The molecule has 0 radical (unpaired) electrons. The number of nitrogens with zero attached hydrogens (tertiary/aromatic N) is 3. The van der Waals surface area contributed by atoms with Crippen LogP contribution in [-0.4, -0.2) is 56.0 Å². The number of carbonyl (C=O) groups is 2. The zero-order chi connectivity index (χ0) is 18.8. The number of para-hydroxylation sites is 1. The van der Waals surface area contributed by atoms with Crippen LogP contribution in [0.3, 0.4) is 0 Å². The molecule has 6 nitrogen and oxygen atoms in total. The van der Waals surface area contributed by atoms with E-state index in [1.54, 1.807) is 6.07 Å². The third kappa shape index (κ3) is 3.74. The van der Waals surface area contributed by atoms with Crippen LogP contribution < -0.4 is 14.5 Å². The normalized spacial score (nSPS) is 16.8. The van der Waals surface area contributed by atoms with Crippen molar-refractivity contribution in [2.24, 2.45) is 0 Å². The lowest BCUT2D eigenvalue weighted by Crippen LogP contribution is -2.52. The lowest BCUT2D eigenvalue weighted by Gasteiger charge is -2.37. The van der Waals surface area contributed by atoms with Crippen molar-refractivity contribution in [3.63, 3.8) is 0 Å². The predicted molar refractivity (Wildman–Crippen MR) is 104 cm³/mol. The first kappa shape index (κ1) is 17.4. The number of ether oxygens (including phenoxy) is 1. The van der Waals surface area contributed by atoms with Gasteiger partial charge in [-0.3, -0.25) is 4.79 Å². The van der Waals surface area contributed by atoms with Crippen LogP contribution in [0, 0.1) is 6.92 Å². The predicted octanol–water partition coefficient (Wildman–Crippen LogP) is 2.07. The lowest BCUT2D eigenvalue weighted by molar-refractivity contribution is -0.133. The quantitative estimate of drug-likeness (QED) is 0.616. The number of amides is 1. The van der Waals surface area contributed by atoms with Crippen molar-refractivity contribution in [3.8, 4) is 5.75 Å². The average Bonchev–Trinajstić information content (AvgIpc) is 2.69. The van der Waals surface area contributed by atoms with Gasteiger partial charge in [0.1, 0.15) is 6.54 Å². The van der Waals surface area contributed by atoms with Gasteiger partial charge in [-0.1, -0.05) is 24.3 Å². The molecule has 0 aliphatic carbocycles. The molecule has 2 aromatic carbocycles. The molecule has 0 aromatic heterocycles. The van der Waals surface area contributed by atoms with Crippen molar-refractivity contribution in [2.75, 3.05) is 49.1 Å². The summed E-state index contributed by atoms with van der Waals surface area (Å²) in [7, 11) is 0. The van der Waals surface area contributed by atoms with E-state index in [-0.39, 0.29) is 25.0 Å². The largest absolute Gasteiger partial charge is 0.423 e. The molecule has 1 saturated heterocycles. The molecule has 0 saturated carbocycles. The van der Waals surface area contributed by atoms with Crippen molar-refractivity contribution in [1.29, 1.82) is 0 Å². The van der Waals surface area contributed by atoms with Gasteiger partial charge in [-0.05, 0) is 36.8 Å². The number of benzene rings is 2. The van der Waals surface area contributed by atoms with E-state index >= 15 is 0 Å². The third-order valence-corrected chi connectivity index (χ3v) is 5.08.